The summed E-state index contributed by atoms with van der Waals surface area (Å²) in [6.45, 7) is 3.65. The number of nitrogens with two attached hydrogens (primary N) is 1. The maximum Gasteiger partial charge on any atom is 0.411 e. The molecule has 0 heterocycles. The Morgan fingerprint density at radius 3 is 2.55 bits per heavy atom. The summed E-state index contributed by atoms with van der Waals surface area (Å²) in [5, 5.41) is 11.8. The maximum absolute atomic E-state index is 11.6. The topological polar surface area (TPSA) is 139 Å². The standard InChI is InChI=1S/C12H17ClN2O6S/c1-6(2)8(14)5-21-12(17)15-9-3-7(13)4-10(11(9)16)22(18,19)20/h3-4,6,8,16H,5,14H2,1-2H3,(H,15,17)(H,18,19,20)/t8-/m1/s1. The van der Waals surface area contributed by atoms with Crippen LogP contribution in [0, 0.1) is 5.92 Å². The fourth-order valence-electron chi connectivity index (χ4n) is 1.38. The number of phenols is 1. The minimum atomic E-state index is -4.70. The number of halogens is 1. The third-order valence-corrected chi connectivity index (χ3v) is 3.90. The molecule has 0 aromatic heterocycles. The quantitative estimate of drug-likeness (QED) is 0.468. The molecule has 0 bridgehead atoms. The summed E-state index contributed by atoms with van der Waals surface area (Å²) in [5.74, 6) is -0.754. The van der Waals surface area contributed by atoms with Gasteiger partial charge in [0.2, 0.25) is 0 Å². The van der Waals surface area contributed by atoms with Crippen LogP contribution in [0.3, 0.4) is 0 Å². The van der Waals surface area contributed by atoms with Gasteiger partial charge in [-0.15, -0.1) is 0 Å². The first kappa shape index (κ1) is 18.5. The van der Waals surface area contributed by atoms with Gasteiger partial charge in [-0.05, 0) is 18.1 Å². The van der Waals surface area contributed by atoms with Gasteiger partial charge in [-0.3, -0.25) is 9.87 Å². The van der Waals surface area contributed by atoms with E-state index in [1.54, 1.807) is 0 Å². The van der Waals surface area contributed by atoms with E-state index in [0.717, 1.165) is 12.1 Å². The number of carbonyl (C=O) groups excluding carboxylic acids is 1. The van der Waals surface area contributed by atoms with Crippen molar-refractivity contribution in [2.75, 3.05) is 11.9 Å². The molecule has 5 N–H and O–H groups in total. The van der Waals surface area contributed by atoms with Crippen LogP contribution in [-0.4, -0.2) is 36.8 Å². The van der Waals surface area contributed by atoms with E-state index >= 15 is 0 Å². The van der Waals surface area contributed by atoms with Crippen LogP contribution in [0.15, 0.2) is 17.0 Å². The summed E-state index contributed by atoms with van der Waals surface area (Å²) < 4.78 is 36.1. The molecule has 1 aromatic rings. The minimum Gasteiger partial charge on any atom is -0.504 e. The molecule has 8 nitrogen and oxygen atoms in total. The Hall–Kier alpha value is -1.55. The van der Waals surface area contributed by atoms with Gasteiger partial charge in [0.25, 0.3) is 10.1 Å². The lowest BCUT2D eigenvalue weighted by Gasteiger charge is -2.16. The van der Waals surface area contributed by atoms with Crippen molar-refractivity contribution in [2.24, 2.45) is 11.7 Å². The largest absolute Gasteiger partial charge is 0.504 e. The SMILES string of the molecule is CC(C)[C@H](N)COC(=O)Nc1cc(Cl)cc(S(=O)(=O)O)c1O. The Morgan fingerprint density at radius 1 is 1.45 bits per heavy atom. The number of ether oxygens (including phenoxy) is 1. The minimum absolute atomic E-state index is 0.0595. The zero-order valence-corrected chi connectivity index (χ0v) is 13.5. The number of amides is 1. The predicted octanol–water partition coefficient (Wildman–Crippen LogP) is 1.82. The highest BCUT2D eigenvalue weighted by molar-refractivity contribution is 7.86. The summed E-state index contributed by atoms with van der Waals surface area (Å²) >= 11 is 5.68. The number of phenolic OH excluding ortho intramolecular Hbond substituents is 1. The average molecular weight is 353 g/mol. The summed E-state index contributed by atoms with van der Waals surface area (Å²) in [6, 6.07) is 1.58. The Kier molecular flexibility index (Phi) is 6.00. The van der Waals surface area contributed by atoms with Crippen LogP contribution >= 0.6 is 11.6 Å². The van der Waals surface area contributed by atoms with Gasteiger partial charge in [-0.1, -0.05) is 25.4 Å². The van der Waals surface area contributed by atoms with Crippen molar-refractivity contribution in [3.8, 4) is 5.75 Å². The number of nitrogens with one attached hydrogen (secondary N) is 1. The number of rotatable bonds is 5. The Bertz CT molecular complexity index is 662. The second-order valence-corrected chi connectivity index (χ2v) is 6.73. The maximum atomic E-state index is 11.6. The van der Waals surface area contributed by atoms with Crippen molar-refractivity contribution < 1.29 is 27.6 Å². The molecule has 1 atom stereocenters. The smallest absolute Gasteiger partial charge is 0.411 e. The van der Waals surface area contributed by atoms with Crippen molar-refractivity contribution in [1.29, 1.82) is 0 Å². The van der Waals surface area contributed by atoms with E-state index in [1.807, 2.05) is 13.8 Å². The number of hydrogen-bond donors (Lipinski definition) is 4. The van der Waals surface area contributed by atoms with Gasteiger partial charge in [-0.25, -0.2) is 4.79 Å². The van der Waals surface area contributed by atoms with Crippen LogP contribution < -0.4 is 11.1 Å². The molecule has 0 aliphatic heterocycles. The number of aromatic hydroxyl groups is 1. The van der Waals surface area contributed by atoms with Crippen LogP contribution in [0.25, 0.3) is 0 Å². The number of benzene rings is 1. The van der Waals surface area contributed by atoms with Crippen molar-refractivity contribution >= 4 is 33.5 Å². The molecule has 10 heteroatoms. The number of hydrogen-bond acceptors (Lipinski definition) is 6. The molecule has 0 aliphatic carbocycles. The van der Waals surface area contributed by atoms with Gasteiger partial charge in [0.1, 0.15) is 11.5 Å². The highest BCUT2D eigenvalue weighted by Crippen LogP contribution is 2.34. The molecule has 0 saturated carbocycles. The molecular weight excluding hydrogens is 336 g/mol. The average Bonchev–Trinajstić information content (AvgIpc) is 2.38. The fraction of sp³-hybridized carbons (Fsp3) is 0.417. The first-order chi connectivity index (χ1) is 10.0. The Labute approximate surface area is 133 Å². The lowest BCUT2D eigenvalue weighted by atomic mass is 10.1. The van der Waals surface area contributed by atoms with Gasteiger partial charge in [0, 0.05) is 11.1 Å². The lowest BCUT2D eigenvalue weighted by molar-refractivity contribution is 0.146. The van der Waals surface area contributed by atoms with E-state index in [-0.39, 0.29) is 29.3 Å². The van der Waals surface area contributed by atoms with Crippen LogP contribution in [0.5, 0.6) is 5.75 Å². The van der Waals surface area contributed by atoms with Crippen molar-refractivity contribution in [1.82, 2.24) is 0 Å². The van der Waals surface area contributed by atoms with Crippen LogP contribution in [-0.2, 0) is 14.9 Å². The first-order valence-corrected chi connectivity index (χ1v) is 8.03. The molecule has 22 heavy (non-hydrogen) atoms. The van der Waals surface area contributed by atoms with Gasteiger partial charge in [-0.2, -0.15) is 8.42 Å². The van der Waals surface area contributed by atoms with Crippen molar-refractivity contribution in [3.05, 3.63) is 17.2 Å². The van der Waals surface area contributed by atoms with Gasteiger partial charge in [0.05, 0.1) is 5.69 Å². The van der Waals surface area contributed by atoms with E-state index < -0.39 is 26.9 Å². The Balaban J connectivity index is 2.90. The normalized spacial score (nSPS) is 13.0. The molecule has 0 unspecified atom stereocenters. The number of anilines is 1. The molecule has 1 aromatic carbocycles. The van der Waals surface area contributed by atoms with E-state index in [4.69, 9.17) is 26.6 Å². The zero-order valence-electron chi connectivity index (χ0n) is 11.9. The van der Waals surface area contributed by atoms with Crippen LogP contribution in [0.1, 0.15) is 13.8 Å². The molecule has 0 saturated heterocycles. The van der Waals surface area contributed by atoms with Crippen LogP contribution in [0.2, 0.25) is 5.02 Å². The van der Waals surface area contributed by atoms with Crippen molar-refractivity contribution in [2.45, 2.75) is 24.8 Å². The first-order valence-electron chi connectivity index (χ1n) is 6.21. The molecule has 0 radical (unpaired) electrons. The fourth-order valence-corrected chi connectivity index (χ4v) is 2.29. The third kappa shape index (κ3) is 5.02. The second-order valence-electron chi connectivity index (χ2n) is 4.91. The van der Waals surface area contributed by atoms with Gasteiger partial charge >= 0.3 is 6.09 Å². The molecule has 124 valence electrons. The zero-order chi connectivity index (χ0) is 17.1. The van der Waals surface area contributed by atoms with E-state index in [2.05, 4.69) is 5.32 Å². The summed E-state index contributed by atoms with van der Waals surface area (Å²) in [7, 11) is -4.70. The number of carbonyl (C=O) groups is 1. The second kappa shape index (κ2) is 7.14. The van der Waals surface area contributed by atoms with Gasteiger partial charge < -0.3 is 15.6 Å². The van der Waals surface area contributed by atoms with E-state index in [0.29, 0.717) is 0 Å². The predicted molar refractivity (Wildman–Crippen MR) is 80.7 cm³/mol. The molecule has 0 aliphatic rings. The summed E-state index contributed by atoms with van der Waals surface area (Å²) in [6.07, 6.45) is -0.949. The van der Waals surface area contributed by atoms with E-state index in [9.17, 15) is 18.3 Å². The summed E-state index contributed by atoms with van der Waals surface area (Å²) in [4.78, 5) is 10.8. The monoisotopic (exact) mass is 352 g/mol. The highest BCUT2D eigenvalue weighted by Gasteiger charge is 2.21. The molecule has 1 amide bonds. The molecular formula is C12H17ClN2O6S. The Morgan fingerprint density at radius 2 is 2.05 bits per heavy atom. The van der Waals surface area contributed by atoms with Crippen LogP contribution in [0.4, 0.5) is 10.5 Å². The van der Waals surface area contributed by atoms with Crippen molar-refractivity contribution in [3.63, 3.8) is 0 Å². The van der Waals surface area contributed by atoms with E-state index in [1.165, 1.54) is 0 Å². The lowest BCUT2D eigenvalue weighted by Crippen LogP contribution is -2.33. The van der Waals surface area contributed by atoms with Gasteiger partial charge in [0.15, 0.2) is 5.75 Å². The molecule has 0 spiro atoms. The molecule has 1 rings (SSSR count). The third-order valence-electron chi connectivity index (χ3n) is 2.82. The highest BCUT2D eigenvalue weighted by atomic mass is 35.5. The summed E-state index contributed by atoms with van der Waals surface area (Å²) in [5.41, 5.74) is 5.39. The molecule has 0 fully saturated rings.